The van der Waals surface area contributed by atoms with Crippen LogP contribution >= 0.6 is 0 Å². The van der Waals surface area contributed by atoms with Gasteiger partial charge < -0.3 is 9.13 Å². The largest absolute Gasteiger partial charge is 0.309 e. The molecule has 0 fully saturated rings. The lowest BCUT2D eigenvalue weighted by Gasteiger charge is -2.13. The summed E-state index contributed by atoms with van der Waals surface area (Å²) < 4.78 is 4.70. The Labute approximate surface area is 219 Å². The second-order valence-electron chi connectivity index (χ2n) is 9.69. The third-order valence-corrected chi connectivity index (χ3v) is 7.73. The van der Waals surface area contributed by atoms with E-state index in [4.69, 9.17) is 0 Å². The normalized spacial score (nSPS) is 11.7. The van der Waals surface area contributed by atoms with Crippen molar-refractivity contribution in [2.24, 2.45) is 0 Å². The van der Waals surface area contributed by atoms with Crippen LogP contribution in [0.1, 0.15) is 5.56 Å². The first-order valence-corrected chi connectivity index (χ1v) is 12.8. The molecule has 6 aromatic carbocycles. The second kappa shape index (κ2) is 7.83. The molecule has 0 aliphatic carbocycles. The standard InChI is InChI=1S/C35H21N3/c36-22-24-12-8-10-23-11-9-19-30(33(23)24)38-29-18-7-5-16-27(29)35-32(38)21-20-31-34(35)26-15-4-6-17-28(26)37(31)25-13-2-1-3-14-25/h1-21H. The van der Waals surface area contributed by atoms with Gasteiger partial charge in [-0.25, -0.2) is 0 Å². The summed E-state index contributed by atoms with van der Waals surface area (Å²) >= 11 is 0. The van der Waals surface area contributed by atoms with E-state index in [1.54, 1.807) is 0 Å². The molecular weight excluding hydrogens is 462 g/mol. The zero-order valence-corrected chi connectivity index (χ0v) is 20.5. The van der Waals surface area contributed by atoms with Crippen molar-refractivity contribution < 1.29 is 0 Å². The van der Waals surface area contributed by atoms with E-state index in [0.717, 1.165) is 33.2 Å². The number of hydrogen-bond donors (Lipinski definition) is 0. The average Bonchev–Trinajstić information content (AvgIpc) is 3.50. The molecule has 3 nitrogen and oxygen atoms in total. The predicted octanol–water partition coefficient (Wildman–Crippen LogP) is 8.91. The van der Waals surface area contributed by atoms with Crippen LogP contribution in [0.25, 0.3) is 65.8 Å². The summed E-state index contributed by atoms with van der Waals surface area (Å²) in [5, 5.41) is 17.0. The number of fused-ring (bicyclic) bond motifs is 8. The lowest BCUT2D eigenvalue weighted by molar-refractivity contribution is 1.18. The number of rotatable bonds is 2. The zero-order chi connectivity index (χ0) is 25.2. The Bertz CT molecular complexity index is 2240. The Kier molecular flexibility index (Phi) is 4.29. The van der Waals surface area contributed by atoms with E-state index in [1.807, 2.05) is 12.1 Å². The van der Waals surface area contributed by atoms with Crippen molar-refractivity contribution in [2.45, 2.75) is 0 Å². The van der Waals surface area contributed by atoms with Gasteiger partial charge in [0.1, 0.15) is 0 Å². The van der Waals surface area contributed by atoms with Gasteiger partial charge in [0.25, 0.3) is 0 Å². The average molecular weight is 484 g/mol. The minimum absolute atomic E-state index is 0.686. The van der Waals surface area contributed by atoms with Crippen LogP contribution in [0.15, 0.2) is 127 Å². The molecule has 0 saturated heterocycles. The molecule has 0 N–H and O–H groups in total. The van der Waals surface area contributed by atoms with E-state index in [1.165, 1.54) is 32.6 Å². The van der Waals surface area contributed by atoms with Crippen LogP contribution in [0.4, 0.5) is 0 Å². The summed E-state index contributed by atoms with van der Waals surface area (Å²) in [6, 6.07) is 47.0. The monoisotopic (exact) mass is 483 g/mol. The van der Waals surface area contributed by atoms with E-state index >= 15 is 0 Å². The Hall–Kier alpha value is -5.33. The van der Waals surface area contributed by atoms with Crippen LogP contribution in [0, 0.1) is 11.3 Å². The van der Waals surface area contributed by atoms with Gasteiger partial charge in [-0.2, -0.15) is 5.26 Å². The van der Waals surface area contributed by atoms with Crippen molar-refractivity contribution >= 4 is 54.4 Å². The van der Waals surface area contributed by atoms with Crippen LogP contribution < -0.4 is 0 Å². The highest BCUT2D eigenvalue weighted by atomic mass is 15.0. The maximum absolute atomic E-state index is 9.99. The molecule has 0 aliphatic heterocycles. The molecule has 0 unspecified atom stereocenters. The summed E-state index contributed by atoms with van der Waals surface area (Å²) in [6.07, 6.45) is 0. The number of nitrogens with zero attached hydrogens (tertiary/aromatic N) is 3. The maximum atomic E-state index is 9.99. The van der Waals surface area contributed by atoms with Gasteiger partial charge in [0.2, 0.25) is 0 Å². The number of hydrogen-bond acceptors (Lipinski definition) is 1. The smallest absolute Gasteiger partial charge is 0.0998 e. The Balaban J connectivity index is 1.61. The van der Waals surface area contributed by atoms with Crippen LogP contribution in [-0.2, 0) is 0 Å². The van der Waals surface area contributed by atoms with Gasteiger partial charge >= 0.3 is 0 Å². The van der Waals surface area contributed by atoms with Gasteiger partial charge in [-0.1, -0.05) is 78.9 Å². The van der Waals surface area contributed by atoms with Gasteiger partial charge in [-0.3, -0.25) is 0 Å². The summed E-state index contributed by atoms with van der Waals surface area (Å²) in [5.41, 5.74) is 7.50. The lowest BCUT2D eigenvalue weighted by Crippen LogP contribution is -1.97. The molecular formula is C35H21N3. The van der Waals surface area contributed by atoms with E-state index in [9.17, 15) is 5.26 Å². The highest BCUT2D eigenvalue weighted by molar-refractivity contribution is 6.29. The van der Waals surface area contributed by atoms with E-state index in [-0.39, 0.29) is 0 Å². The van der Waals surface area contributed by atoms with Crippen molar-refractivity contribution in [1.82, 2.24) is 9.13 Å². The Morgan fingerprint density at radius 3 is 1.71 bits per heavy atom. The maximum Gasteiger partial charge on any atom is 0.0998 e. The quantitative estimate of drug-likeness (QED) is 0.242. The van der Waals surface area contributed by atoms with Gasteiger partial charge in [0, 0.05) is 32.6 Å². The molecule has 176 valence electrons. The van der Waals surface area contributed by atoms with Crippen molar-refractivity contribution in [3.63, 3.8) is 0 Å². The summed E-state index contributed by atoms with van der Waals surface area (Å²) in [4.78, 5) is 0. The molecule has 0 amide bonds. The third-order valence-electron chi connectivity index (χ3n) is 7.73. The molecule has 2 heterocycles. The first-order chi connectivity index (χ1) is 18.8. The van der Waals surface area contributed by atoms with Gasteiger partial charge in [-0.05, 0) is 53.9 Å². The third kappa shape index (κ3) is 2.72. The molecule has 0 spiro atoms. The molecule has 0 bridgehead atoms. The molecule has 0 radical (unpaired) electrons. The van der Waals surface area contributed by atoms with Crippen LogP contribution in [0.5, 0.6) is 0 Å². The number of nitriles is 1. The highest BCUT2D eigenvalue weighted by Crippen LogP contribution is 2.43. The fourth-order valence-electron chi connectivity index (χ4n) is 6.23. The summed E-state index contributed by atoms with van der Waals surface area (Å²) in [7, 11) is 0. The molecule has 8 rings (SSSR count). The number of benzene rings is 6. The molecule has 3 heteroatoms. The number of aromatic nitrogens is 2. The second-order valence-corrected chi connectivity index (χ2v) is 9.69. The predicted molar refractivity (Wildman–Crippen MR) is 157 cm³/mol. The summed E-state index contributed by atoms with van der Waals surface area (Å²) in [5.74, 6) is 0. The van der Waals surface area contributed by atoms with E-state index in [2.05, 4.69) is 130 Å². The lowest BCUT2D eigenvalue weighted by atomic mass is 10.0. The molecule has 0 aliphatic rings. The van der Waals surface area contributed by atoms with Gasteiger partial charge in [0.15, 0.2) is 0 Å². The van der Waals surface area contributed by atoms with Crippen molar-refractivity contribution in [2.75, 3.05) is 0 Å². The number of para-hydroxylation sites is 3. The highest BCUT2D eigenvalue weighted by Gasteiger charge is 2.21. The summed E-state index contributed by atoms with van der Waals surface area (Å²) in [6.45, 7) is 0. The van der Waals surface area contributed by atoms with E-state index in [0.29, 0.717) is 5.56 Å². The zero-order valence-electron chi connectivity index (χ0n) is 20.5. The molecule has 0 saturated carbocycles. The first-order valence-electron chi connectivity index (χ1n) is 12.8. The Morgan fingerprint density at radius 1 is 0.447 bits per heavy atom. The van der Waals surface area contributed by atoms with E-state index < -0.39 is 0 Å². The van der Waals surface area contributed by atoms with Crippen molar-refractivity contribution in [1.29, 1.82) is 5.26 Å². The first kappa shape index (κ1) is 20.8. The van der Waals surface area contributed by atoms with Gasteiger partial charge in [-0.15, -0.1) is 0 Å². The van der Waals surface area contributed by atoms with Crippen molar-refractivity contribution in [3.05, 3.63) is 133 Å². The van der Waals surface area contributed by atoms with Crippen molar-refractivity contribution in [3.8, 4) is 17.4 Å². The molecule has 8 aromatic rings. The van der Waals surface area contributed by atoms with Crippen LogP contribution in [0.2, 0.25) is 0 Å². The fourth-order valence-corrected chi connectivity index (χ4v) is 6.23. The minimum Gasteiger partial charge on any atom is -0.309 e. The molecule has 0 atom stereocenters. The topological polar surface area (TPSA) is 33.6 Å². The van der Waals surface area contributed by atoms with Crippen LogP contribution in [0.3, 0.4) is 0 Å². The van der Waals surface area contributed by atoms with Crippen LogP contribution in [-0.4, -0.2) is 9.13 Å². The molecule has 38 heavy (non-hydrogen) atoms. The molecule has 2 aromatic heterocycles. The SMILES string of the molecule is N#Cc1cccc2cccc(-n3c4ccccc4c4c5c6ccccc6n(-c6ccccc6)c5ccc43)c12. The fraction of sp³-hybridized carbons (Fsp3) is 0. The van der Waals surface area contributed by atoms with Gasteiger partial charge in [0.05, 0.1) is 39.4 Å². The minimum atomic E-state index is 0.686. The Morgan fingerprint density at radius 2 is 1.03 bits per heavy atom.